The molecule has 1 unspecified atom stereocenters. The Balaban J connectivity index is 2.42. The van der Waals surface area contributed by atoms with Crippen LogP contribution in [-0.4, -0.2) is 12.2 Å². The second kappa shape index (κ2) is 3.03. The molecule has 1 aliphatic rings. The van der Waals surface area contributed by atoms with Crippen LogP contribution in [0, 0.1) is 11.3 Å². The van der Waals surface area contributed by atoms with Crippen LogP contribution in [0.5, 0.6) is 0 Å². The van der Waals surface area contributed by atoms with Gasteiger partial charge in [0.25, 0.3) is 0 Å². The van der Waals surface area contributed by atoms with E-state index in [2.05, 4.69) is 6.07 Å². The van der Waals surface area contributed by atoms with Gasteiger partial charge in [0.05, 0.1) is 18.1 Å². The van der Waals surface area contributed by atoms with Gasteiger partial charge in [-0.3, -0.25) is 0 Å². The largest absolute Gasteiger partial charge is 0.374 e. The maximum absolute atomic E-state index is 8.45. The molecule has 0 aromatic heterocycles. The van der Waals surface area contributed by atoms with E-state index >= 15 is 0 Å². The molecule has 0 radical (unpaired) electrons. The van der Waals surface area contributed by atoms with E-state index in [1.165, 1.54) is 6.42 Å². The van der Waals surface area contributed by atoms with Gasteiger partial charge >= 0.3 is 0 Å². The Labute approximate surface area is 61.8 Å². The third-order valence-corrected chi connectivity index (χ3v) is 2.00. The summed E-state index contributed by atoms with van der Waals surface area (Å²) in [6.07, 6.45) is 3.94. The van der Waals surface area contributed by atoms with Gasteiger partial charge in [0, 0.05) is 6.61 Å². The molecule has 0 bridgehead atoms. The number of rotatable bonds is 1. The summed E-state index contributed by atoms with van der Waals surface area (Å²) in [7, 11) is 0. The van der Waals surface area contributed by atoms with Crippen molar-refractivity contribution >= 4 is 0 Å². The fraction of sp³-hybridized carbons (Fsp3) is 0.875. The van der Waals surface area contributed by atoms with E-state index < -0.39 is 0 Å². The molecule has 0 N–H and O–H groups in total. The van der Waals surface area contributed by atoms with E-state index in [4.69, 9.17) is 10.00 Å². The standard InChI is InChI=1S/C8H13NO/c1-8(5-6-9)4-2-3-7-10-8/h2-5,7H2,1H3. The normalized spacial score (nSPS) is 33.2. The molecule has 0 aliphatic carbocycles. The second-order valence-electron chi connectivity index (χ2n) is 3.09. The van der Waals surface area contributed by atoms with Crippen molar-refractivity contribution in [1.29, 1.82) is 5.26 Å². The van der Waals surface area contributed by atoms with Gasteiger partial charge in [-0.25, -0.2) is 0 Å². The van der Waals surface area contributed by atoms with Gasteiger partial charge < -0.3 is 4.74 Å². The van der Waals surface area contributed by atoms with E-state index in [-0.39, 0.29) is 5.60 Å². The predicted molar refractivity (Wildman–Crippen MR) is 38.4 cm³/mol. The van der Waals surface area contributed by atoms with Crippen molar-refractivity contribution in [3.63, 3.8) is 0 Å². The van der Waals surface area contributed by atoms with Crippen LogP contribution in [0.15, 0.2) is 0 Å². The molecule has 56 valence electrons. The Kier molecular flexibility index (Phi) is 2.29. The van der Waals surface area contributed by atoms with Crippen LogP contribution in [0.2, 0.25) is 0 Å². The highest BCUT2D eigenvalue weighted by atomic mass is 16.5. The average molecular weight is 139 g/mol. The molecule has 0 aromatic carbocycles. The van der Waals surface area contributed by atoms with E-state index in [1.807, 2.05) is 6.92 Å². The van der Waals surface area contributed by atoms with Crippen LogP contribution in [-0.2, 0) is 4.74 Å². The van der Waals surface area contributed by atoms with E-state index in [1.54, 1.807) is 0 Å². The highest BCUT2D eigenvalue weighted by Crippen LogP contribution is 2.26. The van der Waals surface area contributed by atoms with Crippen LogP contribution in [0.4, 0.5) is 0 Å². The number of hydrogen-bond acceptors (Lipinski definition) is 2. The molecule has 0 spiro atoms. The first kappa shape index (κ1) is 7.56. The van der Waals surface area contributed by atoms with E-state index in [0.717, 1.165) is 19.4 Å². The zero-order valence-electron chi connectivity index (χ0n) is 6.39. The summed E-state index contributed by atoms with van der Waals surface area (Å²) in [6, 6.07) is 2.15. The predicted octanol–water partition coefficient (Wildman–Crippen LogP) is 1.86. The molecule has 1 atom stereocenters. The van der Waals surface area contributed by atoms with Gasteiger partial charge in [-0.2, -0.15) is 5.26 Å². The minimum absolute atomic E-state index is 0.132. The molecule has 0 amide bonds. The van der Waals surface area contributed by atoms with E-state index in [9.17, 15) is 0 Å². The van der Waals surface area contributed by atoms with Gasteiger partial charge in [0.15, 0.2) is 0 Å². The molecule has 1 fully saturated rings. The first-order chi connectivity index (χ1) is 4.77. The van der Waals surface area contributed by atoms with Crippen LogP contribution in [0.25, 0.3) is 0 Å². The molecule has 1 saturated heterocycles. The summed E-state index contributed by atoms with van der Waals surface area (Å²) < 4.78 is 5.48. The van der Waals surface area contributed by atoms with Crippen LogP contribution in [0.3, 0.4) is 0 Å². The van der Waals surface area contributed by atoms with Crippen molar-refractivity contribution in [3.8, 4) is 6.07 Å². The highest BCUT2D eigenvalue weighted by molar-refractivity contribution is 4.88. The summed E-state index contributed by atoms with van der Waals surface area (Å²) in [5.74, 6) is 0. The minimum Gasteiger partial charge on any atom is -0.374 e. The lowest BCUT2D eigenvalue weighted by Crippen LogP contribution is -2.32. The maximum Gasteiger partial charge on any atom is 0.0783 e. The summed E-state index contributed by atoms with van der Waals surface area (Å²) >= 11 is 0. The van der Waals surface area contributed by atoms with Crippen molar-refractivity contribution < 1.29 is 4.74 Å². The zero-order valence-corrected chi connectivity index (χ0v) is 6.39. The molecular weight excluding hydrogens is 126 g/mol. The first-order valence-electron chi connectivity index (χ1n) is 3.78. The van der Waals surface area contributed by atoms with E-state index in [0.29, 0.717) is 6.42 Å². The molecule has 0 aromatic rings. The second-order valence-corrected chi connectivity index (χ2v) is 3.09. The number of ether oxygens (including phenoxy) is 1. The Bertz CT molecular complexity index is 142. The first-order valence-corrected chi connectivity index (χ1v) is 3.78. The number of nitriles is 1. The van der Waals surface area contributed by atoms with Gasteiger partial charge in [-0.1, -0.05) is 0 Å². The van der Waals surface area contributed by atoms with Crippen molar-refractivity contribution in [2.24, 2.45) is 0 Å². The quantitative estimate of drug-likeness (QED) is 0.555. The maximum atomic E-state index is 8.45. The lowest BCUT2D eigenvalue weighted by Gasteiger charge is -2.31. The Morgan fingerprint density at radius 2 is 2.40 bits per heavy atom. The van der Waals surface area contributed by atoms with Crippen molar-refractivity contribution in [2.75, 3.05) is 6.61 Å². The fourth-order valence-corrected chi connectivity index (χ4v) is 1.30. The van der Waals surface area contributed by atoms with Crippen molar-refractivity contribution in [2.45, 2.75) is 38.2 Å². The lowest BCUT2D eigenvalue weighted by molar-refractivity contribution is -0.0613. The Morgan fingerprint density at radius 3 is 2.90 bits per heavy atom. The summed E-state index contributed by atoms with van der Waals surface area (Å²) in [5.41, 5.74) is -0.132. The Hall–Kier alpha value is -0.550. The van der Waals surface area contributed by atoms with Crippen molar-refractivity contribution in [1.82, 2.24) is 0 Å². The molecule has 1 rings (SSSR count). The molecule has 0 saturated carbocycles. The van der Waals surface area contributed by atoms with Gasteiger partial charge in [0.2, 0.25) is 0 Å². The Morgan fingerprint density at radius 1 is 1.60 bits per heavy atom. The van der Waals surface area contributed by atoms with Crippen molar-refractivity contribution in [3.05, 3.63) is 0 Å². The summed E-state index contributed by atoms with van der Waals surface area (Å²) in [4.78, 5) is 0. The monoisotopic (exact) mass is 139 g/mol. The smallest absolute Gasteiger partial charge is 0.0783 e. The molecule has 2 heteroatoms. The average Bonchev–Trinajstić information content (AvgIpc) is 1.89. The SMILES string of the molecule is CC1(CC#N)CCCCO1. The van der Waals surface area contributed by atoms with Gasteiger partial charge in [-0.15, -0.1) is 0 Å². The molecule has 10 heavy (non-hydrogen) atoms. The minimum atomic E-state index is -0.132. The molecule has 1 aliphatic heterocycles. The summed E-state index contributed by atoms with van der Waals surface area (Å²) in [6.45, 7) is 2.85. The molecule has 1 heterocycles. The topological polar surface area (TPSA) is 33.0 Å². The molecular formula is C8H13NO. The van der Waals surface area contributed by atoms with Crippen LogP contribution < -0.4 is 0 Å². The number of hydrogen-bond donors (Lipinski definition) is 0. The fourth-order valence-electron chi connectivity index (χ4n) is 1.30. The summed E-state index contributed by atoms with van der Waals surface area (Å²) in [5, 5.41) is 8.45. The number of nitrogens with zero attached hydrogens (tertiary/aromatic N) is 1. The van der Waals surface area contributed by atoms with Crippen LogP contribution >= 0.6 is 0 Å². The van der Waals surface area contributed by atoms with Gasteiger partial charge in [0.1, 0.15) is 0 Å². The van der Waals surface area contributed by atoms with Gasteiger partial charge in [-0.05, 0) is 26.2 Å². The zero-order chi connectivity index (χ0) is 7.45. The lowest BCUT2D eigenvalue weighted by atomic mass is 9.93. The highest BCUT2D eigenvalue weighted by Gasteiger charge is 2.26. The van der Waals surface area contributed by atoms with Crippen LogP contribution in [0.1, 0.15) is 32.6 Å². The third-order valence-electron chi connectivity index (χ3n) is 2.00. The third kappa shape index (κ3) is 1.71. The molecule has 2 nitrogen and oxygen atoms in total.